The van der Waals surface area contributed by atoms with Crippen LogP contribution in [0.15, 0.2) is 46.8 Å². The van der Waals surface area contributed by atoms with Crippen molar-refractivity contribution in [2.45, 2.75) is 6.18 Å². The van der Waals surface area contributed by atoms with Crippen molar-refractivity contribution in [1.29, 1.82) is 0 Å². The van der Waals surface area contributed by atoms with Crippen molar-refractivity contribution < 1.29 is 18.0 Å². The number of aromatic nitrogens is 2. The maximum absolute atomic E-state index is 12.9. The number of carbonyl (C=O) groups is 1. The van der Waals surface area contributed by atoms with Gasteiger partial charge in [-0.05, 0) is 12.1 Å². The van der Waals surface area contributed by atoms with Crippen molar-refractivity contribution in [2.75, 3.05) is 5.32 Å². The van der Waals surface area contributed by atoms with Gasteiger partial charge in [-0.1, -0.05) is 12.1 Å². The van der Waals surface area contributed by atoms with E-state index in [0.717, 1.165) is 22.7 Å². The van der Waals surface area contributed by atoms with Crippen molar-refractivity contribution in [3.63, 3.8) is 0 Å². The first kappa shape index (κ1) is 15.2. The number of amides is 1. The lowest BCUT2D eigenvalue weighted by atomic mass is 10.1. The first-order valence-corrected chi connectivity index (χ1v) is 7.18. The van der Waals surface area contributed by atoms with E-state index in [9.17, 15) is 22.8 Å². The van der Waals surface area contributed by atoms with Crippen molar-refractivity contribution in [1.82, 2.24) is 9.38 Å². The van der Waals surface area contributed by atoms with E-state index in [-0.39, 0.29) is 5.56 Å². The number of rotatable bonds is 2. The molecule has 0 fully saturated rings. The van der Waals surface area contributed by atoms with Crippen LogP contribution in [0.4, 0.5) is 18.9 Å². The number of anilines is 1. The third kappa shape index (κ3) is 2.82. The number of hydrogen-bond donors (Lipinski definition) is 1. The van der Waals surface area contributed by atoms with Crippen molar-refractivity contribution in [3.8, 4) is 0 Å². The van der Waals surface area contributed by atoms with Gasteiger partial charge >= 0.3 is 6.18 Å². The average Bonchev–Trinajstić information content (AvgIpc) is 2.96. The van der Waals surface area contributed by atoms with Gasteiger partial charge in [-0.2, -0.15) is 13.2 Å². The number of para-hydroxylation sites is 1. The lowest BCUT2D eigenvalue weighted by Crippen LogP contribution is -2.26. The third-order valence-electron chi connectivity index (χ3n) is 3.07. The number of alkyl halides is 3. The van der Waals surface area contributed by atoms with Gasteiger partial charge in [0, 0.05) is 17.8 Å². The Labute approximate surface area is 131 Å². The Balaban J connectivity index is 1.99. The van der Waals surface area contributed by atoms with Crippen LogP contribution in [0.2, 0.25) is 0 Å². The van der Waals surface area contributed by atoms with Crippen molar-refractivity contribution >= 4 is 27.9 Å². The maximum atomic E-state index is 12.9. The minimum atomic E-state index is -4.62. The lowest BCUT2D eigenvalue weighted by Gasteiger charge is -2.13. The van der Waals surface area contributed by atoms with Gasteiger partial charge in [-0.3, -0.25) is 14.0 Å². The Bertz CT molecular complexity index is 946. The monoisotopic (exact) mass is 339 g/mol. The van der Waals surface area contributed by atoms with Crippen LogP contribution in [-0.2, 0) is 6.18 Å². The number of carbonyl (C=O) groups excluding carboxylic acids is 1. The van der Waals surface area contributed by atoms with Crippen molar-refractivity contribution in [3.05, 3.63) is 63.5 Å². The number of hydrogen-bond acceptors (Lipinski definition) is 4. The highest BCUT2D eigenvalue weighted by atomic mass is 32.1. The molecule has 118 valence electrons. The largest absolute Gasteiger partial charge is 0.418 e. The molecule has 0 saturated heterocycles. The van der Waals surface area contributed by atoms with E-state index in [1.807, 2.05) is 0 Å². The zero-order valence-electron chi connectivity index (χ0n) is 11.3. The van der Waals surface area contributed by atoms with Gasteiger partial charge in [-0.25, -0.2) is 4.98 Å². The molecular weight excluding hydrogens is 331 g/mol. The van der Waals surface area contributed by atoms with Crippen LogP contribution in [0.1, 0.15) is 15.9 Å². The number of nitrogens with one attached hydrogen (secondary N) is 1. The smallest absolute Gasteiger partial charge is 0.321 e. The maximum Gasteiger partial charge on any atom is 0.418 e. The molecule has 0 aliphatic carbocycles. The molecule has 9 heteroatoms. The molecule has 0 unspecified atom stereocenters. The van der Waals surface area contributed by atoms with Crippen molar-refractivity contribution in [2.24, 2.45) is 0 Å². The van der Waals surface area contributed by atoms with Gasteiger partial charge in [0.15, 0.2) is 4.96 Å². The molecule has 1 amide bonds. The molecule has 3 rings (SSSR count). The van der Waals surface area contributed by atoms with E-state index in [1.165, 1.54) is 29.7 Å². The number of thiazole rings is 1. The summed E-state index contributed by atoms with van der Waals surface area (Å²) in [6.07, 6.45) is -2.12. The highest BCUT2D eigenvalue weighted by Crippen LogP contribution is 2.34. The Morgan fingerprint density at radius 3 is 2.74 bits per heavy atom. The molecule has 0 spiro atoms. The summed E-state index contributed by atoms with van der Waals surface area (Å²) in [5, 5.41) is 3.74. The molecular formula is C14H8F3N3O2S. The van der Waals surface area contributed by atoms with Crippen LogP contribution in [0, 0.1) is 0 Å². The van der Waals surface area contributed by atoms with E-state index in [0.29, 0.717) is 4.96 Å². The molecule has 2 aromatic heterocycles. The van der Waals surface area contributed by atoms with E-state index < -0.39 is 28.9 Å². The van der Waals surface area contributed by atoms with Crippen LogP contribution >= 0.6 is 11.3 Å². The second-order valence-corrected chi connectivity index (χ2v) is 5.40. The molecule has 0 aliphatic rings. The van der Waals surface area contributed by atoms with Gasteiger partial charge in [-0.15, -0.1) is 11.3 Å². The topological polar surface area (TPSA) is 63.5 Å². The second-order valence-electron chi connectivity index (χ2n) is 4.53. The minimum absolute atomic E-state index is 0.335. The molecule has 0 bridgehead atoms. The van der Waals surface area contributed by atoms with Gasteiger partial charge in [0.2, 0.25) is 0 Å². The van der Waals surface area contributed by atoms with Gasteiger partial charge in [0.25, 0.3) is 11.5 Å². The predicted molar refractivity (Wildman–Crippen MR) is 78.7 cm³/mol. The van der Waals surface area contributed by atoms with E-state index in [4.69, 9.17) is 0 Å². The SMILES string of the molecule is O=C(Nc1ccccc1C(F)(F)F)c1cnc2sccn2c1=O. The Kier molecular flexibility index (Phi) is 3.64. The molecule has 0 atom stereocenters. The number of nitrogens with zero attached hydrogens (tertiary/aromatic N) is 2. The van der Waals surface area contributed by atoms with Gasteiger partial charge in [0.05, 0.1) is 11.3 Å². The summed E-state index contributed by atoms with van der Waals surface area (Å²) in [4.78, 5) is 28.6. The number of benzene rings is 1. The molecule has 2 heterocycles. The molecule has 1 N–H and O–H groups in total. The summed E-state index contributed by atoms with van der Waals surface area (Å²) in [5.41, 5.74) is -2.38. The lowest BCUT2D eigenvalue weighted by molar-refractivity contribution is -0.136. The Hall–Kier alpha value is -2.68. The summed E-state index contributed by atoms with van der Waals surface area (Å²) in [7, 11) is 0. The molecule has 5 nitrogen and oxygen atoms in total. The summed E-state index contributed by atoms with van der Waals surface area (Å²) in [5.74, 6) is -0.945. The normalized spacial score (nSPS) is 11.6. The van der Waals surface area contributed by atoms with E-state index in [1.54, 1.807) is 5.38 Å². The Morgan fingerprint density at radius 1 is 1.26 bits per heavy atom. The zero-order valence-corrected chi connectivity index (χ0v) is 12.1. The predicted octanol–water partition coefficient (Wildman–Crippen LogP) is 3.03. The van der Waals surface area contributed by atoms with Crippen LogP contribution < -0.4 is 10.9 Å². The van der Waals surface area contributed by atoms with Crippen LogP contribution in [0.5, 0.6) is 0 Å². The fourth-order valence-corrected chi connectivity index (χ4v) is 2.68. The number of fused-ring (bicyclic) bond motifs is 1. The van der Waals surface area contributed by atoms with Crippen LogP contribution in [-0.4, -0.2) is 15.3 Å². The van der Waals surface area contributed by atoms with Gasteiger partial charge in [0.1, 0.15) is 5.56 Å². The first-order chi connectivity index (χ1) is 10.9. The average molecular weight is 339 g/mol. The van der Waals surface area contributed by atoms with Gasteiger partial charge < -0.3 is 5.32 Å². The van der Waals surface area contributed by atoms with Crippen LogP contribution in [0.3, 0.4) is 0 Å². The van der Waals surface area contributed by atoms with E-state index in [2.05, 4.69) is 10.3 Å². The molecule has 0 radical (unpaired) electrons. The standard InChI is InChI=1S/C14H8F3N3O2S/c15-14(16,17)9-3-1-2-4-10(9)19-11(21)8-7-18-13-20(12(8)22)5-6-23-13/h1-7H,(H,19,21). The minimum Gasteiger partial charge on any atom is -0.321 e. The summed E-state index contributed by atoms with van der Waals surface area (Å²) < 4.78 is 39.9. The quantitative estimate of drug-likeness (QED) is 0.781. The highest BCUT2D eigenvalue weighted by molar-refractivity contribution is 7.15. The van der Waals surface area contributed by atoms with Crippen LogP contribution in [0.25, 0.3) is 4.96 Å². The molecule has 0 aliphatic heterocycles. The summed E-state index contributed by atoms with van der Waals surface area (Å²) in [6, 6.07) is 4.54. The second kappa shape index (κ2) is 5.51. The fourth-order valence-electron chi connectivity index (χ4n) is 2.01. The molecule has 23 heavy (non-hydrogen) atoms. The summed E-state index contributed by atoms with van der Waals surface area (Å²) in [6.45, 7) is 0. The fraction of sp³-hybridized carbons (Fsp3) is 0.0714. The third-order valence-corrected chi connectivity index (χ3v) is 3.84. The molecule has 0 saturated carbocycles. The molecule has 1 aromatic carbocycles. The van der Waals surface area contributed by atoms with E-state index >= 15 is 0 Å². The number of halogens is 3. The highest BCUT2D eigenvalue weighted by Gasteiger charge is 2.33. The summed E-state index contributed by atoms with van der Waals surface area (Å²) >= 11 is 1.20. The molecule has 3 aromatic rings. The zero-order chi connectivity index (χ0) is 16.6. The first-order valence-electron chi connectivity index (χ1n) is 6.30. The Morgan fingerprint density at radius 2 is 2.00 bits per heavy atom.